The number of quaternary nitrogens is 1. The van der Waals surface area contributed by atoms with Gasteiger partial charge in [-0.1, -0.05) is 11.8 Å². The molecule has 0 unspecified atom stereocenters. The van der Waals surface area contributed by atoms with E-state index < -0.39 is 0 Å². The molecule has 0 saturated carbocycles. The molecule has 0 aliphatic carbocycles. The normalized spacial score (nSPS) is 10.5. The van der Waals surface area contributed by atoms with Crippen LogP contribution in [-0.2, 0) is 6.54 Å². The van der Waals surface area contributed by atoms with E-state index in [0.717, 1.165) is 41.9 Å². The fourth-order valence-corrected chi connectivity index (χ4v) is 2.79. The fourth-order valence-electron chi connectivity index (χ4n) is 2.03. The lowest BCUT2D eigenvalue weighted by molar-refractivity contribution is -0.670. The molecule has 2 aromatic rings. The van der Waals surface area contributed by atoms with Crippen LogP contribution >= 0.6 is 11.8 Å². The van der Waals surface area contributed by atoms with E-state index >= 15 is 0 Å². The van der Waals surface area contributed by atoms with Crippen molar-refractivity contribution in [2.45, 2.75) is 18.1 Å². The number of aromatic nitrogens is 2. The van der Waals surface area contributed by atoms with Crippen LogP contribution in [0.3, 0.4) is 0 Å². The maximum atomic E-state index is 5.40. The van der Waals surface area contributed by atoms with Gasteiger partial charge in [-0.3, -0.25) is 0 Å². The van der Waals surface area contributed by atoms with Crippen molar-refractivity contribution in [1.29, 1.82) is 0 Å². The highest BCUT2D eigenvalue weighted by atomic mass is 32.2. The van der Waals surface area contributed by atoms with Crippen LogP contribution in [0.2, 0.25) is 0 Å². The van der Waals surface area contributed by atoms with Crippen molar-refractivity contribution in [3.8, 4) is 11.5 Å². The number of hydrogen-bond acceptors (Lipinski definition) is 5. The van der Waals surface area contributed by atoms with E-state index in [4.69, 9.17) is 9.47 Å². The van der Waals surface area contributed by atoms with E-state index in [1.54, 1.807) is 38.4 Å². The van der Waals surface area contributed by atoms with Crippen molar-refractivity contribution in [2.75, 3.05) is 26.5 Å². The molecule has 22 heavy (non-hydrogen) atoms. The molecule has 0 spiro atoms. The molecule has 0 fully saturated rings. The molecule has 0 radical (unpaired) electrons. The number of hydrogen-bond donors (Lipinski definition) is 1. The zero-order valence-electron chi connectivity index (χ0n) is 13.0. The largest absolute Gasteiger partial charge is 0.497 e. The summed E-state index contributed by atoms with van der Waals surface area (Å²) in [6, 6.07) is 7.78. The lowest BCUT2D eigenvalue weighted by Gasteiger charge is -2.09. The zero-order chi connectivity index (χ0) is 15.6. The summed E-state index contributed by atoms with van der Waals surface area (Å²) in [5, 5.41) is 3.14. The average molecular weight is 320 g/mol. The third-order valence-corrected chi connectivity index (χ3v) is 4.15. The predicted molar refractivity (Wildman–Crippen MR) is 87.4 cm³/mol. The number of methoxy groups -OCH3 is 2. The summed E-state index contributed by atoms with van der Waals surface area (Å²) in [5.41, 5.74) is 1.18. The third kappa shape index (κ3) is 5.20. The van der Waals surface area contributed by atoms with Gasteiger partial charge in [0.15, 0.2) is 5.16 Å². The molecule has 0 aliphatic heterocycles. The monoisotopic (exact) mass is 320 g/mol. The van der Waals surface area contributed by atoms with Gasteiger partial charge in [0.2, 0.25) is 0 Å². The van der Waals surface area contributed by atoms with E-state index in [-0.39, 0.29) is 0 Å². The first-order valence-corrected chi connectivity index (χ1v) is 8.24. The molecular formula is C16H22N3O2S+. The van der Waals surface area contributed by atoms with E-state index in [9.17, 15) is 0 Å². The Morgan fingerprint density at radius 1 is 1.14 bits per heavy atom. The molecule has 1 aromatic heterocycles. The molecule has 5 nitrogen and oxygen atoms in total. The van der Waals surface area contributed by atoms with Gasteiger partial charge < -0.3 is 14.8 Å². The highest BCUT2D eigenvalue weighted by Crippen LogP contribution is 2.23. The van der Waals surface area contributed by atoms with Crippen LogP contribution in [-0.4, -0.2) is 36.5 Å². The minimum atomic E-state index is 0.819. The van der Waals surface area contributed by atoms with Gasteiger partial charge >= 0.3 is 0 Å². The van der Waals surface area contributed by atoms with E-state index in [0.29, 0.717) is 0 Å². The smallest absolute Gasteiger partial charge is 0.187 e. The quantitative estimate of drug-likeness (QED) is 0.433. The van der Waals surface area contributed by atoms with Gasteiger partial charge in [0.1, 0.15) is 18.0 Å². The number of ether oxygens (including phenoxy) is 2. The Kier molecular flexibility index (Phi) is 6.99. The highest BCUT2D eigenvalue weighted by Gasteiger charge is 2.06. The van der Waals surface area contributed by atoms with Gasteiger partial charge in [-0.2, -0.15) is 0 Å². The van der Waals surface area contributed by atoms with Crippen molar-refractivity contribution in [2.24, 2.45) is 0 Å². The van der Waals surface area contributed by atoms with Crippen molar-refractivity contribution >= 4 is 11.8 Å². The molecule has 0 bridgehead atoms. The van der Waals surface area contributed by atoms with Gasteiger partial charge in [-0.05, 0) is 18.2 Å². The van der Waals surface area contributed by atoms with E-state index in [1.807, 2.05) is 18.2 Å². The second-order valence-electron chi connectivity index (χ2n) is 4.69. The van der Waals surface area contributed by atoms with Gasteiger partial charge in [0.25, 0.3) is 0 Å². The molecule has 1 aromatic carbocycles. The van der Waals surface area contributed by atoms with Crippen molar-refractivity contribution in [1.82, 2.24) is 9.97 Å². The van der Waals surface area contributed by atoms with Crippen molar-refractivity contribution in [3.05, 3.63) is 42.2 Å². The van der Waals surface area contributed by atoms with Gasteiger partial charge in [0, 0.05) is 36.2 Å². The van der Waals surface area contributed by atoms with Crippen LogP contribution in [0.15, 0.2) is 41.8 Å². The maximum absolute atomic E-state index is 5.40. The highest BCUT2D eigenvalue weighted by molar-refractivity contribution is 7.99. The molecular weight excluding hydrogens is 298 g/mol. The summed E-state index contributed by atoms with van der Waals surface area (Å²) in [6.07, 6.45) is 4.66. The summed E-state index contributed by atoms with van der Waals surface area (Å²) in [5.74, 6) is 2.72. The molecule has 6 heteroatoms. The van der Waals surface area contributed by atoms with Gasteiger partial charge in [-0.25, -0.2) is 9.97 Å². The van der Waals surface area contributed by atoms with E-state index in [2.05, 4.69) is 21.4 Å². The molecule has 0 atom stereocenters. The third-order valence-electron chi connectivity index (χ3n) is 3.18. The zero-order valence-corrected chi connectivity index (χ0v) is 13.8. The summed E-state index contributed by atoms with van der Waals surface area (Å²) < 4.78 is 10.6. The standard InChI is InChI=1S/C16H21N3O2S/c1-20-14-6-5-13(15(11-14)21-2)12-17-7-4-10-22-16-18-8-3-9-19-16/h3,5-6,8-9,11,17H,4,7,10,12H2,1-2H3/p+1. The summed E-state index contributed by atoms with van der Waals surface area (Å²) in [4.78, 5) is 8.39. The molecule has 1 heterocycles. The Bertz CT molecular complexity index is 567. The molecule has 2 rings (SSSR count). The summed E-state index contributed by atoms with van der Waals surface area (Å²) in [7, 11) is 3.35. The topological polar surface area (TPSA) is 60.9 Å². The van der Waals surface area contributed by atoms with Crippen molar-refractivity contribution < 1.29 is 14.8 Å². The minimum Gasteiger partial charge on any atom is -0.497 e. The van der Waals surface area contributed by atoms with Crippen LogP contribution in [0.5, 0.6) is 11.5 Å². The first-order valence-electron chi connectivity index (χ1n) is 7.26. The van der Waals surface area contributed by atoms with Crippen LogP contribution in [0, 0.1) is 0 Å². The van der Waals surface area contributed by atoms with Crippen LogP contribution in [0.25, 0.3) is 0 Å². The number of thioether (sulfide) groups is 1. The lowest BCUT2D eigenvalue weighted by atomic mass is 10.2. The number of rotatable bonds is 9. The first kappa shape index (κ1) is 16.6. The van der Waals surface area contributed by atoms with Crippen LogP contribution < -0.4 is 14.8 Å². The fraction of sp³-hybridized carbons (Fsp3) is 0.375. The second-order valence-corrected chi connectivity index (χ2v) is 5.75. The SMILES string of the molecule is COc1ccc(C[NH2+]CCCSc2ncccn2)c(OC)c1. The molecule has 0 aliphatic rings. The van der Waals surface area contributed by atoms with Crippen LogP contribution in [0.1, 0.15) is 12.0 Å². The predicted octanol–water partition coefficient (Wildman–Crippen LogP) is 1.74. The maximum Gasteiger partial charge on any atom is 0.187 e. The lowest BCUT2D eigenvalue weighted by Crippen LogP contribution is -2.82. The van der Waals surface area contributed by atoms with Crippen LogP contribution in [0.4, 0.5) is 0 Å². The first-order chi connectivity index (χ1) is 10.8. The molecule has 118 valence electrons. The molecule has 0 amide bonds. The summed E-state index contributed by atoms with van der Waals surface area (Å²) >= 11 is 1.70. The van der Waals surface area contributed by atoms with Crippen molar-refractivity contribution in [3.63, 3.8) is 0 Å². The molecule has 0 saturated heterocycles. The Morgan fingerprint density at radius 2 is 1.95 bits per heavy atom. The van der Waals surface area contributed by atoms with Gasteiger partial charge in [-0.15, -0.1) is 0 Å². The Balaban J connectivity index is 1.68. The Hall–Kier alpha value is -1.79. The summed E-state index contributed by atoms with van der Waals surface area (Å²) in [6.45, 7) is 1.97. The second kappa shape index (κ2) is 9.27. The number of nitrogens with two attached hydrogens (primary N) is 1. The average Bonchev–Trinajstić information content (AvgIpc) is 2.59. The Morgan fingerprint density at radius 3 is 2.68 bits per heavy atom. The Labute approximate surface area is 135 Å². The number of nitrogens with zero attached hydrogens (tertiary/aromatic N) is 2. The van der Waals surface area contributed by atoms with Gasteiger partial charge in [0.05, 0.1) is 20.8 Å². The van der Waals surface area contributed by atoms with E-state index in [1.165, 1.54) is 5.56 Å². The minimum absolute atomic E-state index is 0.819. The molecule has 2 N–H and O–H groups in total. The number of benzene rings is 1.